The Balaban J connectivity index is 1.59. The molecule has 140 valence electrons. The molecule has 0 amide bonds. The molecule has 0 aliphatic carbocycles. The summed E-state index contributed by atoms with van der Waals surface area (Å²) in [7, 11) is 0. The van der Waals surface area contributed by atoms with Gasteiger partial charge < -0.3 is 15.4 Å². The largest absolute Gasteiger partial charge is 0.378 e. The minimum Gasteiger partial charge on any atom is -0.378 e. The average Bonchev–Trinajstić information content (AvgIpc) is 2.61. The number of nitrogens with zero attached hydrogens (tertiary/aromatic N) is 4. The van der Waals surface area contributed by atoms with E-state index in [-0.39, 0.29) is 5.96 Å². The van der Waals surface area contributed by atoms with Gasteiger partial charge in [0.15, 0.2) is 0 Å². The van der Waals surface area contributed by atoms with E-state index in [1.165, 1.54) is 5.69 Å². The molecule has 0 radical (unpaired) electrons. The van der Waals surface area contributed by atoms with Gasteiger partial charge in [0.25, 0.3) is 0 Å². The van der Waals surface area contributed by atoms with Gasteiger partial charge in [-0.15, -0.1) is 0 Å². The Bertz CT molecular complexity index is 695. The van der Waals surface area contributed by atoms with Crippen molar-refractivity contribution in [2.45, 2.75) is 26.8 Å². The van der Waals surface area contributed by atoms with E-state index in [1.54, 1.807) is 0 Å². The van der Waals surface area contributed by atoms with Crippen LogP contribution in [0.15, 0.2) is 45.9 Å². The quantitative estimate of drug-likeness (QED) is 0.666. The Hall–Kier alpha value is -2.18. The van der Waals surface area contributed by atoms with Crippen LogP contribution in [0.5, 0.6) is 0 Å². The van der Waals surface area contributed by atoms with Crippen molar-refractivity contribution in [3.05, 3.63) is 35.9 Å². The van der Waals surface area contributed by atoms with Crippen LogP contribution in [0, 0.1) is 0 Å². The van der Waals surface area contributed by atoms with Crippen molar-refractivity contribution in [1.29, 1.82) is 0 Å². The molecule has 2 aliphatic heterocycles. The monoisotopic (exact) mass is 355 g/mol. The zero-order chi connectivity index (χ0) is 18.5. The molecule has 2 N–H and O–H groups in total. The maximum Gasteiger partial charge on any atom is 0.220 e. The Kier molecular flexibility index (Phi) is 6.06. The van der Waals surface area contributed by atoms with E-state index in [2.05, 4.69) is 31.9 Å². The Morgan fingerprint density at radius 2 is 1.77 bits per heavy atom. The lowest BCUT2D eigenvalue weighted by Crippen LogP contribution is -2.56. The van der Waals surface area contributed by atoms with Crippen molar-refractivity contribution in [2.24, 2.45) is 15.7 Å². The van der Waals surface area contributed by atoms with Gasteiger partial charge in [0.2, 0.25) is 5.96 Å². The normalized spacial score (nSPS) is 21.0. The summed E-state index contributed by atoms with van der Waals surface area (Å²) >= 11 is 0. The molecule has 2 fully saturated rings. The molecule has 6 nitrogen and oxygen atoms in total. The van der Waals surface area contributed by atoms with Gasteiger partial charge in [-0.05, 0) is 50.6 Å². The molecule has 0 atom stereocenters. The van der Waals surface area contributed by atoms with Crippen LogP contribution in [0.2, 0.25) is 0 Å². The summed E-state index contributed by atoms with van der Waals surface area (Å²) in [5.74, 6) is 0.285. The summed E-state index contributed by atoms with van der Waals surface area (Å²) in [6.45, 7) is 12.0. The van der Waals surface area contributed by atoms with Crippen LogP contribution in [0.1, 0.15) is 20.8 Å². The second kappa shape index (κ2) is 8.47. The number of anilines is 1. The van der Waals surface area contributed by atoms with Crippen molar-refractivity contribution in [3.63, 3.8) is 0 Å². The number of ether oxygens (including phenoxy) is 1. The first-order valence-electron chi connectivity index (χ1n) is 9.26. The van der Waals surface area contributed by atoms with Gasteiger partial charge in [0.05, 0.1) is 24.9 Å². The van der Waals surface area contributed by atoms with E-state index in [9.17, 15) is 0 Å². The molecule has 0 aromatic heterocycles. The highest BCUT2D eigenvalue weighted by Crippen LogP contribution is 2.22. The molecule has 0 spiro atoms. The Morgan fingerprint density at radius 1 is 1.12 bits per heavy atom. The number of benzene rings is 1. The van der Waals surface area contributed by atoms with Gasteiger partial charge >= 0.3 is 0 Å². The lowest BCUT2D eigenvalue weighted by atomic mass is 10.1. The second-order valence-corrected chi connectivity index (χ2v) is 6.87. The van der Waals surface area contributed by atoms with Crippen molar-refractivity contribution in [1.82, 2.24) is 4.90 Å². The Labute approximate surface area is 156 Å². The fourth-order valence-corrected chi connectivity index (χ4v) is 3.14. The Morgan fingerprint density at radius 3 is 2.31 bits per heavy atom. The summed E-state index contributed by atoms with van der Waals surface area (Å²) in [5.41, 5.74) is 10.0. The number of nitrogens with two attached hydrogens (primary N) is 1. The van der Waals surface area contributed by atoms with Gasteiger partial charge in [-0.1, -0.05) is 6.08 Å². The molecule has 0 bridgehead atoms. The smallest absolute Gasteiger partial charge is 0.220 e. The van der Waals surface area contributed by atoms with Crippen LogP contribution in [-0.2, 0) is 4.74 Å². The minimum absolute atomic E-state index is 0.285. The number of piperazine rings is 1. The van der Waals surface area contributed by atoms with Crippen LogP contribution in [-0.4, -0.2) is 62.0 Å². The third-order valence-electron chi connectivity index (χ3n) is 5.20. The van der Waals surface area contributed by atoms with Gasteiger partial charge in [-0.2, -0.15) is 0 Å². The molecule has 26 heavy (non-hydrogen) atoms. The topological polar surface area (TPSA) is 66.5 Å². The molecule has 2 heterocycles. The number of allylic oxidation sites excluding steroid dienone is 2. The molecule has 1 aromatic carbocycles. The highest BCUT2D eigenvalue weighted by Gasteiger charge is 2.28. The predicted octanol–water partition coefficient (Wildman–Crippen LogP) is 2.58. The molecule has 0 unspecified atom stereocenters. The number of guanidine groups is 1. The number of aliphatic imine (C=N–C) groups is 2. The van der Waals surface area contributed by atoms with Gasteiger partial charge in [-0.3, -0.25) is 4.90 Å². The molecular formula is C20H29N5O. The van der Waals surface area contributed by atoms with Gasteiger partial charge in [0.1, 0.15) is 0 Å². The molecule has 3 rings (SSSR count). The van der Waals surface area contributed by atoms with Crippen LogP contribution < -0.4 is 10.6 Å². The summed E-state index contributed by atoms with van der Waals surface area (Å²) in [5, 5.41) is 0. The highest BCUT2D eigenvalue weighted by molar-refractivity contribution is 6.05. The van der Waals surface area contributed by atoms with Crippen molar-refractivity contribution < 1.29 is 4.74 Å². The molecule has 6 heteroatoms. The molecule has 1 aromatic rings. The summed E-state index contributed by atoms with van der Waals surface area (Å²) in [6, 6.07) is 8.86. The lowest BCUT2D eigenvalue weighted by Gasteiger charge is -2.43. The first-order valence-corrected chi connectivity index (χ1v) is 9.26. The average molecular weight is 355 g/mol. The minimum atomic E-state index is 0.285. The van der Waals surface area contributed by atoms with Gasteiger partial charge in [0, 0.05) is 37.6 Å². The van der Waals surface area contributed by atoms with Crippen molar-refractivity contribution in [3.8, 4) is 0 Å². The summed E-state index contributed by atoms with van der Waals surface area (Å²) < 4.78 is 5.30. The van der Waals surface area contributed by atoms with Gasteiger partial charge in [-0.25, -0.2) is 9.98 Å². The third-order valence-corrected chi connectivity index (χ3v) is 5.20. The SMILES string of the molecule is C/C=C(C)/C(C)=N/C(N)=Nc1ccc(N2CCN(C3COC3)CC2)cc1. The predicted molar refractivity (Wildman–Crippen MR) is 109 cm³/mol. The summed E-state index contributed by atoms with van der Waals surface area (Å²) in [6.07, 6.45) is 2.01. The van der Waals surface area contributed by atoms with Crippen LogP contribution in [0.25, 0.3) is 0 Å². The highest BCUT2D eigenvalue weighted by atomic mass is 16.5. The van der Waals surface area contributed by atoms with E-state index in [1.807, 2.05) is 39.0 Å². The number of rotatable bonds is 4. The lowest BCUT2D eigenvalue weighted by molar-refractivity contribution is -0.0660. The zero-order valence-corrected chi connectivity index (χ0v) is 16.0. The first-order chi connectivity index (χ1) is 12.6. The van der Waals surface area contributed by atoms with Crippen molar-refractivity contribution in [2.75, 3.05) is 44.3 Å². The fourth-order valence-electron chi connectivity index (χ4n) is 3.14. The van der Waals surface area contributed by atoms with E-state index in [0.29, 0.717) is 6.04 Å². The van der Waals surface area contributed by atoms with Crippen molar-refractivity contribution >= 4 is 23.0 Å². The fraction of sp³-hybridized carbons (Fsp3) is 0.500. The van der Waals surface area contributed by atoms with E-state index >= 15 is 0 Å². The second-order valence-electron chi connectivity index (χ2n) is 6.87. The molecule has 2 aliphatic rings. The van der Waals surface area contributed by atoms with E-state index in [4.69, 9.17) is 10.5 Å². The van der Waals surface area contributed by atoms with Crippen LogP contribution in [0.3, 0.4) is 0 Å². The maximum absolute atomic E-state index is 5.95. The number of hydrogen-bond acceptors (Lipinski definition) is 4. The van der Waals surface area contributed by atoms with Crippen LogP contribution in [0.4, 0.5) is 11.4 Å². The molecule has 2 saturated heterocycles. The zero-order valence-electron chi connectivity index (χ0n) is 16.0. The third kappa shape index (κ3) is 4.51. The van der Waals surface area contributed by atoms with E-state index in [0.717, 1.165) is 56.4 Å². The number of hydrogen-bond donors (Lipinski definition) is 1. The maximum atomic E-state index is 5.95. The standard InChI is InChI=1S/C20H29N5O/c1-4-15(2)16(3)22-20(21)23-17-5-7-18(8-6-17)24-9-11-25(12-10-24)19-13-26-14-19/h4-8,19H,9-14H2,1-3H3,(H2,21,23)/b15-4+,22-16+. The van der Waals surface area contributed by atoms with Crippen LogP contribution >= 0.6 is 0 Å². The van der Waals surface area contributed by atoms with E-state index < -0.39 is 0 Å². The summed E-state index contributed by atoms with van der Waals surface area (Å²) in [4.78, 5) is 13.7. The molecule has 0 saturated carbocycles. The molecular weight excluding hydrogens is 326 g/mol. The first kappa shape index (κ1) is 18.6.